The lowest BCUT2D eigenvalue weighted by atomic mass is 9.68. The molecule has 2 atom stereocenters. The molecule has 1 fully saturated rings. The first-order chi connectivity index (χ1) is 7.23. The van der Waals surface area contributed by atoms with Gasteiger partial charge in [0.25, 0.3) is 0 Å². The minimum Gasteiger partial charge on any atom is -0.294 e. The lowest BCUT2D eigenvalue weighted by Crippen LogP contribution is -2.30. The van der Waals surface area contributed by atoms with Crippen LogP contribution in [-0.4, -0.2) is 5.78 Å². The maximum atomic E-state index is 12.4. The van der Waals surface area contributed by atoms with Crippen LogP contribution in [-0.2, 0) is 0 Å². The zero-order chi connectivity index (χ0) is 10.5. The number of benzene rings is 1. The van der Waals surface area contributed by atoms with Crippen molar-refractivity contribution in [2.75, 3.05) is 0 Å². The third-order valence-electron chi connectivity index (χ3n) is 4.31. The smallest absolute Gasteiger partial charge is 0.169 e. The number of Topliss-reactive ketones (excluding diaryl/α,β-unsaturated/α-hetero) is 1. The topological polar surface area (TPSA) is 17.1 Å². The second-order valence-corrected chi connectivity index (χ2v) is 5.13. The molecule has 2 aliphatic rings. The van der Waals surface area contributed by atoms with Crippen molar-refractivity contribution in [3.63, 3.8) is 0 Å². The van der Waals surface area contributed by atoms with E-state index in [1.807, 2.05) is 12.1 Å². The van der Waals surface area contributed by atoms with E-state index in [1.165, 1.54) is 24.8 Å². The van der Waals surface area contributed by atoms with Crippen molar-refractivity contribution >= 4 is 5.78 Å². The van der Waals surface area contributed by atoms with E-state index < -0.39 is 0 Å². The summed E-state index contributed by atoms with van der Waals surface area (Å²) in [6.07, 6.45) is 4.76. The van der Waals surface area contributed by atoms with Crippen LogP contribution >= 0.6 is 0 Å². The first-order valence-electron chi connectivity index (χ1n) is 5.87. The molecule has 3 rings (SSSR count). The van der Waals surface area contributed by atoms with E-state index in [0.717, 1.165) is 12.0 Å². The van der Waals surface area contributed by atoms with Gasteiger partial charge in [0.15, 0.2) is 5.78 Å². The summed E-state index contributed by atoms with van der Waals surface area (Å²) in [6.45, 7) is 2.17. The van der Waals surface area contributed by atoms with Gasteiger partial charge in [0, 0.05) is 11.0 Å². The summed E-state index contributed by atoms with van der Waals surface area (Å²) in [5.74, 6) is 0.887. The zero-order valence-corrected chi connectivity index (χ0v) is 9.12. The second-order valence-electron chi connectivity index (χ2n) is 5.13. The molecule has 0 saturated heterocycles. The Hall–Kier alpha value is -1.11. The molecule has 0 radical (unpaired) electrons. The van der Waals surface area contributed by atoms with Crippen LogP contribution in [0.5, 0.6) is 0 Å². The van der Waals surface area contributed by atoms with Gasteiger partial charge < -0.3 is 0 Å². The van der Waals surface area contributed by atoms with Crippen LogP contribution in [0.2, 0.25) is 0 Å². The Balaban J connectivity index is 2.18. The van der Waals surface area contributed by atoms with E-state index >= 15 is 0 Å². The largest absolute Gasteiger partial charge is 0.294 e. The van der Waals surface area contributed by atoms with E-state index in [0.29, 0.717) is 11.7 Å². The Morgan fingerprint density at radius 3 is 2.93 bits per heavy atom. The van der Waals surface area contributed by atoms with Gasteiger partial charge in [0.1, 0.15) is 0 Å². The Bertz CT molecular complexity index is 421. The van der Waals surface area contributed by atoms with Gasteiger partial charge in [-0.15, -0.1) is 0 Å². The van der Waals surface area contributed by atoms with Gasteiger partial charge in [-0.1, -0.05) is 44.0 Å². The standard InChI is InChI=1S/C14H16O/c1-14-9-5-4-8-12(14)10-6-2-3-7-11(10)13(14)15/h2-3,6-7,12H,4-5,8-9H2,1H3. The lowest BCUT2D eigenvalue weighted by molar-refractivity contribution is 0.0748. The Morgan fingerprint density at radius 2 is 2.07 bits per heavy atom. The minimum absolute atomic E-state index is 0.0814. The monoisotopic (exact) mass is 200 g/mol. The molecule has 0 spiro atoms. The maximum Gasteiger partial charge on any atom is 0.169 e. The normalized spacial score (nSPS) is 33.7. The molecule has 0 N–H and O–H groups in total. The molecule has 1 aromatic rings. The predicted molar refractivity (Wildman–Crippen MR) is 60.1 cm³/mol. The molecule has 1 heteroatoms. The average molecular weight is 200 g/mol. The summed E-state index contributed by atoms with van der Waals surface area (Å²) >= 11 is 0. The van der Waals surface area contributed by atoms with Gasteiger partial charge >= 0.3 is 0 Å². The highest BCUT2D eigenvalue weighted by molar-refractivity contribution is 6.05. The number of ketones is 1. The molecule has 78 valence electrons. The highest BCUT2D eigenvalue weighted by Crippen LogP contribution is 2.54. The summed E-state index contributed by atoms with van der Waals surface area (Å²) in [7, 11) is 0. The minimum atomic E-state index is -0.0814. The van der Waals surface area contributed by atoms with Crippen LogP contribution in [0.3, 0.4) is 0 Å². The van der Waals surface area contributed by atoms with Gasteiger partial charge in [0.05, 0.1) is 0 Å². The van der Waals surface area contributed by atoms with Gasteiger partial charge in [-0.25, -0.2) is 0 Å². The fourth-order valence-electron chi connectivity index (χ4n) is 3.42. The number of hydrogen-bond donors (Lipinski definition) is 0. The number of hydrogen-bond acceptors (Lipinski definition) is 1. The lowest BCUT2D eigenvalue weighted by Gasteiger charge is -2.34. The summed E-state index contributed by atoms with van der Waals surface area (Å²) in [5, 5.41) is 0. The summed E-state index contributed by atoms with van der Waals surface area (Å²) in [5.41, 5.74) is 2.22. The van der Waals surface area contributed by atoms with Crippen molar-refractivity contribution in [2.24, 2.45) is 5.41 Å². The number of rotatable bonds is 0. The molecule has 1 saturated carbocycles. The van der Waals surface area contributed by atoms with Crippen molar-refractivity contribution in [3.8, 4) is 0 Å². The average Bonchev–Trinajstić information content (AvgIpc) is 2.50. The molecule has 0 heterocycles. The Kier molecular flexibility index (Phi) is 1.79. The Morgan fingerprint density at radius 1 is 1.27 bits per heavy atom. The SMILES string of the molecule is CC12CCCCC1c1ccccc1C2=O. The molecule has 2 aliphatic carbocycles. The van der Waals surface area contributed by atoms with E-state index in [9.17, 15) is 4.79 Å². The molecule has 1 nitrogen and oxygen atoms in total. The van der Waals surface area contributed by atoms with Crippen molar-refractivity contribution in [1.82, 2.24) is 0 Å². The van der Waals surface area contributed by atoms with Gasteiger partial charge in [0.2, 0.25) is 0 Å². The third-order valence-corrected chi connectivity index (χ3v) is 4.31. The molecule has 15 heavy (non-hydrogen) atoms. The highest BCUT2D eigenvalue weighted by Gasteiger charge is 2.49. The van der Waals surface area contributed by atoms with Crippen LogP contribution in [0.25, 0.3) is 0 Å². The molecule has 0 bridgehead atoms. The van der Waals surface area contributed by atoms with Crippen LogP contribution in [0, 0.1) is 5.41 Å². The number of carbonyl (C=O) groups is 1. The molecule has 0 aromatic heterocycles. The van der Waals surface area contributed by atoms with Crippen molar-refractivity contribution < 1.29 is 4.79 Å². The maximum absolute atomic E-state index is 12.4. The summed E-state index contributed by atoms with van der Waals surface area (Å²) < 4.78 is 0. The Labute approximate surface area is 90.5 Å². The predicted octanol–water partition coefficient (Wildman–Crippen LogP) is 3.55. The molecule has 0 amide bonds. The van der Waals surface area contributed by atoms with Crippen molar-refractivity contribution in [1.29, 1.82) is 0 Å². The molecule has 0 aliphatic heterocycles. The quantitative estimate of drug-likeness (QED) is 0.626. The summed E-state index contributed by atoms with van der Waals surface area (Å²) in [4.78, 5) is 12.4. The summed E-state index contributed by atoms with van der Waals surface area (Å²) in [6, 6.07) is 8.19. The van der Waals surface area contributed by atoms with E-state index in [4.69, 9.17) is 0 Å². The van der Waals surface area contributed by atoms with Crippen molar-refractivity contribution in [3.05, 3.63) is 35.4 Å². The number of carbonyl (C=O) groups excluding carboxylic acids is 1. The van der Waals surface area contributed by atoms with E-state index in [2.05, 4.69) is 19.1 Å². The molecular weight excluding hydrogens is 184 g/mol. The highest BCUT2D eigenvalue weighted by atomic mass is 16.1. The van der Waals surface area contributed by atoms with Crippen molar-refractivity contribution in [2.45, 2.75) is 38.5 Å². The van der Waals surface area contributed by atoms with Crippen LogP contribution in [0.1, 0.15) is 54.4 Å². The fourth-order valence-corrected chi connectivity index (χ4v) is 3.42. The van der Waals surface area contributed by atoms with E-state index in [-0.39, 0.29) is 5.41 Å². The third kappa shape index (κ3) is 1.06. The fraction of sp³-hybridized carbons (Fsp3) is 0.500. The first kappa shape index (κ1) is 9.14. The first-order valence-corrected chi connectivity index (χ1v) is 5.87. The van der Waals surface area contributed by atoms with Crippen LogP contribution in [0.4, 0.5) is 0 Å². The van der Waals surface area contributed by atoms with Gasteiger partial charge in [-0.3, -0.25) is 4.79 Å². The zero-order valence-electron chi connectivity index (χ0n) is 9.12. The second kappa shape index (κ2) is 2.94. The number of fused-ring (bicyclic) bond motifs is 3. The van der Waals surface area contributed by atoms with Crippen LogP contribution < -0.4 is 0 Å². The molecule has 1 aromatic carbocycles. The van der Waals surface area contributed by atoms with Gasteiger partial charge in [-0.05, 0) is 24.3 Å². The van der Waals surface area contributed by atoms with Gasteiger partial charge in [-0.2, -0.15) is 0 Å². The van der Waals surface area contributed by atoms with E-state index in [1.54, 1.807) is 0 Å². The molecule has 2 unspecified atom stereocenters. The molecular formula is C14H16O. The van der Waals surface area contributed by atoms with Crippen LogP contribution in [0.15, 0.2) is 24.3 Å².